The number of hydrogen-bond acceptors (Lipinski definition) is 5. The highest BCUT2D eigenvalue weighted by Crippen LogP contribution is 2.31. The lowest BCUT2D eigenvalue weighted by atomic mass is 9.97. The lowest BCUT2D eigenvalue weighted by Crippen LogP contribution is -2.45. The van der Waals surface area contributed by atoms with E-state index >= 15 is 0 Å². The molecule has 7 nitrogen and oxygen atoms in total. The zero-order chi connectivity index (χ0) is 27.8. The average molecular weight is 559 g/mol. The van der Waals surface area contributed by atoms with E-state index in [1.165, 1.54) is 6.07 Å². The summed E-state index contributed by atoms with van der Waals surface area (Å²) in [4.78, 5) is 28.3. The number of amides is 1. The van der Waals surface area contributed by atoms with Gasteiger partial charge in [0.15, 0.2) is 5.78 Å². The van der Waals surface area contributed by atoms with Crippen molar-refractivity contribution in [2.24, 2.45) is 4.99 Å². The molecule has 1 unspecified atom stereocenters. The number of benzene rings is 2. The Morgan fingerprint density at radius 3 is 2.39 bits per heavy atom. The van der Waals surface area contributed by atoms with Crippen LogP contribution in [-0.2, 0) is 26.2 Å². The van der Waals surface area contributed by atoms with Crippen LogP contribution < -0.4 is 5.32 Å². The van der Waals surface area contributed by atoms with E-state index in [2.05, 4.69) is 10.3 Å². The first-order valence-electron chi connectivity index (χ1n) is 11.1. The largest absolute Gasteiger partial charge is 0.418 e. The fourth-order valence-electron chi connectivity index (χ4n) is 4.15. The molecule has 1 saturated heterocycles. The summed E-state index contributed by atoms with van der Waals surface area (Å²) in [5.74, 6) is -3.44. The second kappa shape index (κ2) is 10.3. The minimum atomic E-state index is -4.78. The molecule has 1 N–H and O–H groups in total. The molecule has 38 heavy (non-hydrogen) atoms. The monoisotopic (exact) mass is 559 g/mol. The smallest absolute Gasteiger partial charge is 0.351 e. The Balaban J connectivity index is 1.49. The summed E-state index contributed by atoms with van der Waals surface area (Å²) in [6.07, 6.45) is -6.03. The minimum Gasteiger partial charge on any atom is -0.351 e. The van der Waals surface area contributed by atoms with Crippen LogP contribution >= 0.6 is 0 Å². The Labute approximate surface area is 212 Å². The van der Waals surface area contributed by atoms with Crippen molar-refractivity contribution in [3.63, 3.8) is 0 Å². The van der Waals surface area contributed by atoms with Crippen LogP contribution in [0.3, 0.4) is 0 Å². The Morgan fingerprint density at radius 2 is 1.76 bits per heavy atom. The number of nitrogens with zero attached hydrogens (tertiary/aromatic N) is 2. The molecule has 3 atom stereocenters. The van der Waals surface area contributed by atoms with E-state index in [0.717, 1.165) is 36.4 Å². The van der Waals surface area contributed by atoms with Gasteiger partial charge in [-0.25, -0.2) is 21.6 Å². The molecule has 0 radical (unpaired) electrons. The van der Waals surface area contributed by atoms with Crippen molar-refractivity contribution in [2.45, 2.75) is 42.3 Å². The van der Waals surface area contributed by atoms with Gasteiger partial charge in [0, 0.05) is 25.7 Å². The number of allylic oxidation sites excluding steroid dienone is 1. The van der Waals surface area contributed by atoms with E-state index < -0.39 is 76.3 Å². The molecule has 2 aliphatic heterocycles. The van der Waals surface area contributed by atoms with Crippen LogP contribution in [0, 0.1) is 11.6 Å². The quantitative estimate of drug-likeness (QED) is 0.548. The molecular formula is C24H19F6N3O4S. The standard InChI is InChI=1S/C24H19F6N3O4S/c25-16-1-3-19(4-2-16)38(36,37)33-12-18(27)9-20(33)23(35)32-10-13-5-14(7-17(26)6-13)22-21(34)8-15(11-31-22)24(28,29)30/h1-8,11,18,20,22H,9-10,12H2,(H,32,35)/t18-,20+,22?/m1/s1. The van der Waals surface area contributed by atoms with Gasteiger partial charge < -0.3 is 5.32 Å². The molecule has 1 amide bonds. The molecule has 0 bridgehead atoms. The Morgan fingerprint density at radius 1 is 1.08 bits per heavy atom. The molecule has 2 aromatic carbocycles. The van der Waals surface area contributed by atoms with Gasteiger partial charge in [0.25, 0.3) is 0 Å². The Hall–Kier alpha value is -3.52. The van der Waals surface area contributed by atoms with Crippen molar-refractivity contribution in [1.29, 1.82) is 0 Å². The summed E-state index contributed by atoms with van der Waals surface area (Å²) < 4.78 is 107. The van der Waals surface area contributed by atoms with E-state index in [9.17, 15) is 44.3 Å². The number of halogens is 6. The van der Waals surface area contributed by atoms with Crippen molar-refractivity contribution in [3.05, 3.63) is 76.9 Å². The van der Waals surface area contributed by atoms with Gasteiger partial charge in [-0.2, -0.15) is 17.5 Å². The molecule has 2 heterocycles. The van der Waals surface area contributed by atoms with Crippen molar-refractivity contribution in [3.8, 4) is 0 Å². The highest BCUT2D eigenvalue weighted by Gasteiger charge is 2.44. The van der Waals surface area contributed by atoms with Crippen LogP contribution in [0.1, 0.15) is 23.6 Å². The molecule has 14 heteroatoms. The van der Waals surface area contributed by atoms with E-state index in [0.29, 0.717) is 16.6 Å². The van der Waals surface area contributed by atoms with Crippen molar-refractivity contribution >= 4 is 27.9 Å². The van der Waals surface area contributed by atoms with E-state index in [-0.39, 0.29) is 22.6 Å². The lowest BCUT2D eigenvalue weighted by molar-refractivity contribution is -0.124. The minimum absolute atomic E-state index is 0.0572. The van der Waals surface area contributed by atoms with E-state index in [1.807, 2.05) is 0 Å². The van der Waals surface area contributed by atoms with Crippen LogP contribution in [0.4, 0.5) is 26.3 Å². The molecule has 4 rings (SSSR count). The zero-order valence-corrected chi connectivity index (χ0v) is 20.1. The maximum atomic E-state index is 14.3. The van der Waals surface area contributed by atoms with Crippen molar-refractivity contribution < 1.29 is 44.3 Å². The third-order valence-corrected chi connectivity index (χ3v) is 7.84. The van der Waals surface area contributed by atoms with Crippen LogP contribution in [0.2, 0.25) is 0 Å². The van der Waals surface area contributed by atoms with E-state index in [4.69, 9.17) is 0 Å². The fraction of sp³-hybridized carbons (Fsp3) is 0.292. The second-order valence-corrected chi connectivity index (χ2v) is 10.6. The molecule has 1 fully saturated rings. The fourth-order valence-corrected chi connectivity index (χ4v) is 5.77. The maximum absolute atomic E-state index is 14.3. The van der Waals surface area contributed by atoms with E-state index in [1.54, 1.807) is 0 Å². The number of hydrogen-bond donors (Lipinski definition) is 1. The Kier molecular flexibility index (Phi) is 7.48. The highest BCUT2D eigenvalue weighted by atomic mass is 32.2. The third-order valence-electron chi connectivity index (χ3n) is 5.95. The highest BCUT2D eigenvalue weighted by molar-refractivity contribution is 7.89. The zero-order valence-electron chi connectivity index (χ0n) is 19.3. The molecule has 0 aromatic heterocycles. The SMILES string of the molecule is O=C1C=C(C(F)(F)F)C=NC1c1cc(F)cc(CNC(=O)[C@@H]2C[C@@H](F)CN2S(=O)(=O)c2ccc(F)cc2)c1. The van der Waals surface area contributed by atoms with Gasteiger partial charge in [0.05, 0.1) is 10.5 Å². The summed E-state index contributed by atoms with van der Waals surface area (Å²) in [5.41, 5.74) is -1.20. The van der Waals surface area contributed by atoms with Gasteiger partial charge in [-0.15, -0.1) is 0 Å². The van der Waals surface area contributed by atoms with Crippen molar-refractivity contribution in [1.82, 2.24) is 9.62 Å². The predicted octanol–water partition coefficient (Wildman–Crippen LogP) is 3.57. The van der Waals surface area contributed by atoms with Gasteiger partial charge in [-0.3, -0.25) is 14.6 Å². The van der Waals surface area contributed by atoms with Crippen molar-refractivity contribution in [2.75, 3.05) is 6.54 Å². The predicted molar refractivity (Wildman–Crippen MR) is 122 cm³/mol. The maximum Gasteiger partial charge on any atom is 0.418 e. The molecule has 0 spiro atoms. The summed E-state index contributed by atoms with van der Waals surface area (Å²) in [6.45, 7) is -0.965. The lowest BCUT2D eigenvalue weighted by Gasteiger charge is -2.23. The first-order chi connectivity index (χ1) is 17.8. The van der Waals surface area contributed by atoms with Crippen LogP contribution in [0.15, 0.2) is 64.0 Å². The molecular weight excluding hydrogens is 540 g/mol. The summed E-state index contributed by atoms with van der Waals surface area (Å²) in [7, 11) is -4.35. The first-order valence-corrected chi connectivity index (χ1v) is 12.5. The molecule has 0 saturated carbocycles. The number of nitrogens with one attached hydrogen (secondary N) is 1. The molecule has 202 valence electrons. The summed E-state index contributed by atoms with van der Waals surface area (Å²) in [6, 6.07) is 4.10. The normalized spacial score (nSPS) is 22.4. The van der Waals surface area contributed by atoms with Crippen LogP contribution in [0.25, 0.3) is 0 Å². The number of ketones is 1. The summed E-state index contributed by atoms with van der Waals surface area (Å²) in [5, 5.41) is 2.40. The summed E-state index contributed by atoms with van der Waals surface area (Å²) >= 11 is 0. The molecule has 2 aliphatic rings. The van der Waals surface area contributed by atoms with Gasteiger partial charge in [0.2, 0.25) is 15.9 Å². The Bertz CT molecular complexity index is 1420. The number of aliphatic imine (C=N–C) groups is 1. The van der Waals surface area contributed by atoms with Gasteiger partial charge >= 0.3 is 6.18 Å². The number of sulfonamides is 1. The number of alkyl halides is 4. The average Bonchev–Trinajstić information content (AvgIpc) is 3.24. The topological polar surface area (TPSA) is 95.9 Å². The number of carbonyl (C=O) groups excluding carboxylic acids is 2. The van der Waals surface area contributed by atoms with Gasteiger partial charge in [-0.05, 0) is 53.6 Å². The number of dihydropyridines is 1. The second-order valence-electron chi connectivity index (χ2n) is 8.67. The third kappa shape index (κ3) is 5.80. The number of carbonyl (C=O) groups is 2. The first kappa shape index (κ1) is 27.5. The van der Waals surface area contributed by atoms with Crippen LogP contribution in [0.5, 0.6) is 0 Å². The molecule has 0 aliphatic carbocycles. The van der Waals surface area contributed by atoms with Gasteiger partial charge in [-0.1, -0.05) is 6.07 Å². The van der Waals surface area contributed by atoms with Crippen LogP contribution in [-0.4, -0.2) is 55.6 Å². The van der Waals surface area contributed by atoms with Gasteiger partial charge in [0.1, 0.15) is 29.9 Å². The molecule has 2 aromatic rings. The number of rotatable bonds is 6.